The summed E-state index contributed by atoms with van der Waals surface area (Å²) in [6.07, 6.45) is 2.26. The molecule has 0 saturated heterocycles. The van der Waals surface area contributed by atoms with E-state index in [1.165, 1.54) is 27.8 Å². The molecule has 2 nitrogen and oxygen atoms in total. The molecular formula is C29H27NO. The van der Waals surface area contributed by atoms with Crippen molar-refractivity contribution in [1.82, 2.24) is 0 Å². The molecule has 0 aliphatic heterocycles. The van der Waals surface area contributed by atoms with E-state index in [0.29, 0.717) is 0 Å². The number of hydrogen-bond acceptors (Lipinski definition) is 2. The van der Waals surface area contributed by atoms with Crippen LogP contribution < -0.4 is 10.1 Å². The zero-order valence-corrected chi connectivity index (χ0v) is 18.2. The summed E-state index contributed by atoms with van der Waals surface area (Å²) in [6.45, 7) is 4.32. The van der Waals surface area contributed by atoms with Crippen LogP contribution in [0.15, 0.2) is 97.1 Å². The first-order chi connectivity index (χ1) is 15.1. The minimum Gasteiger partial charge on any atom is -0.497 e. The Morgan fingerprint density at radius 3 is 1.94 bits per heavy atom. The second-order valence-electron chi connectivity index (χ2n) is 7.70. The van der Waals surface area contributed by atoms with E-state index in [1.807, 2.05) is 24.3 Å². The topological polar surface area (TPSA) is 21.3 Å². The molecule has 0 saturated carbocycles. The predicted molar refractivity (Wildman–Crippen MR) is 132 cm³/mol. The molecule has 2 heteroatoms. The highest BCUT2D eigenvalue weighted by molar-refractivity contribution is 5.91. The van der Waals surface area contributed by atoms with Crippen LogP contribution in [-0.4, -0.2) is 7.11 Å². The fourth-order valence-corrected chi connectivity index (χ4v) is 3.53. The van der Waals surface area contributed by atoms with E-state index in [1.54, 1.807) is 7.11 Å². The second-order valence-corrected chi connectivity index (χ2v) is 7.70. The predicted octanol–water partition coefficient (Wildman–Crippen LogP) is 7.64. The van der Waals surface area contributed by atoms with Crippen LogP contribution >= 0.6 is 0 Å². The molecule has 4 aromatic rings. The fourth-order valence-electron chi connectivity index (χ4n) is 3.53. The van der Waals surface area contributed by atoms with Crippen molar-refractivity contribution in [1.29, 1.82) is 0 Å². The van der Waals surface area contributed by atoms with Gasteiger partial charge < -0.3 is 10.1 Å². The van der Waals surface area contributed by atoms with Crippen molar-refractivity contribution in [2.24, 2.45) is 0 Å². The first kappa shape index (κ1) is 20.5. The maximum Gasteiger partial charge on any atom is 0.119 e. The van der Waals surface area contributed by atoms with Gasteiger partial charge in [-0.05, 0) is 89.7 Å². The second kappa shape index (κ2) is 9.36. The number of aryl methyl sites for hydroxylation is 2. The molecule has 0 aliphatic carbocycles. The smallest absolute Gasteiger partial charge is 0.119 e. The average molecular weight is 406 g/mol. The lowest BCUT2D eigenvalue weighted by molar-refractivity contribution is 0.415. The van der Waals surface area contributed by atoms with Gasteiger partial charge in [-0.25, -0.2) is 0 Å². The summed E-state index contributed by atoms with van der Waals surface area (Å²) in [5.41, 5.74) is 9.53. The highest BCUT2D eigenvalue weighted by atomic mass is 16.5. The highest BCUT2D eigenvalue weighted by Gasteiger charge is 2.07. The van der Waals surface area contributed by atoms with Crippen LogP contribution in [0.3, 0.4) is 0 Å². The van der Waals surface area contributed by atoms with Gasteiger partial charge in [0.25, 0.3) is 0 Å². The van der Waals surface area contributed by atoms with Crippen LogP contribution in [0.2, 0.25) is 0 Å². The molecule has 0 fully saturated rings. The zero-order valence-electron chi connectivity index (χ0n) is 18.2. The van der Waals surface area contributed by atoms with Crippen molar-refractivity contribution in [2.75, 3.05) is 12.4 Å². The third-order valence-electron chi connectivity index (χ3n) is 5.50. The van der Waals surface area contributed by atoms with Gasteiger partial charge in [0.05, 0.1) is 7.11 Å². The Morgan fingerprint density at radius 1 is 0.677 bits per heavy atom. The maximum absolute atomic E-state index is 5.22. The van der Waals surface area contributed by atoms with Crippen molar-refractivity contribution in [3.63, 3.8) is 0 Å². The van der Waals surface area contributed by atoms with Gasteiger partial charge in [-0.2, -0.15) is 0 Å². The lowest BCUT2D eigenvalue weighted by Gasteiger charge is -2.12. The lowest BCUT2D eigenvalue weighted by atomic mass is 9.93. The van der Waals surface area contributed by atoms with Crippen LogP contribution in [0, 0.1) is 13.8 Å². The number of hydrogen-bond donors (Lipinski definition) is 1. The molecule has 154 valence electrons. The molecule has 0 spiro atoms. The standard InChI is InChI=1S/C29H27NO/c1-21-9-12-25(19-22(21)2)29(24-7-5-4-6-8-24)20-23-10-13-26(14-11-23)30-27-15-17-28(31-3)18-16-27/h4-20,30H,1-3H3/b29-20+. The molecule has 0 unspecified atom stereocenters. The van der Waals surface area contributed by atoms with Crippen molar-refractivity contribution in [2.45, 2.75) is 13.8 Å². The first-order valence-electron chi connectivity index (χ1n) is 10.5. The Kier molecular flexibility index (Phi) is 6.18. The van der Waals surface area contributed by atoms with Crippen molar-refractivity contribution < 1.29 is 4.74 Å². The maximum atomic E-state index is 5.22. The minimum absolute atomic E-state index is 0.853. The van der Waals surface area contributed by atoms with Crippen LogP contribution in [0.25, 0.3) is 11.6 Å². The van der Waals surface area contributed by atoms with E-state index in [4.69, 9.17) is 4.74 Å². The normalized spacial score (nSPS) is 11.3. The van der Waals surface area contributed by atoms with E-state index < -0.39 is 0 Å². The van der Waals surface area contributed by atoms with Crippen molar-refractivity contribution in [3.8, 4) is 5.75 Å². The fraction of sp³-hybridized carbons (Fsp3) is 0.103. The molecule has 4 aromatic carbocycles. The number of anilines is 2. The van der Waals surface area contributed by atoms with Gasteiger partial charge in [-0.15, -0.1) is 0 Å². The van der Waals surface area contributed by atoms with Crippen LogP contribution in [0.4, 0.5) is 11.4 Å². The third kappa shape index (κ3) is 5.04. The highest BCUT2D eigenvalue weighted by Crippen LogP contribution is 2.28. The monoisotopic (exact) mass is 405 g/mol. The Morgan fingerprint density at radius 2 is 1.32 bits per heavy atom. The van der Waals surface area contributed by atoms with Crippen LogP contribution in [0.1, 0.15) is 27.8 Å². The number of ether oxygens (including phenoxy) is 1. The summed E-state index contributed by atoms with van der Waals surface area (Å²) in [7, 11) is 1.68. The molecule has 0 aliphatic rings. The molecular weight excluding hydrogens is 378 g/mol. The first-order valence-corrected chi connectivity index (χ1v) is 10.5. The summed E-state index contributed by atoms with van der Waals surface area (Å²) in [4.78, 5) is 0. The van der Waals surface area contributed by atoms with Crippen molar-refractivity contribution in [3.05, 3.63) is 125 Å². The number of methoxy groups -OCH3 is 1. The van der Waals surface area contributed by atoms with Gasteiger partial charge in [0, 0.05) is 11.4 Å². The number of rotatable bonds is 6. The molecule has 0 amide bonds. The quantitative estimate of drug-likeness (QED) is 0.333. The summed E-state index contributed by atoms with van der Waals surface area (Å²) in [6, 6.07) is 33.7. The van der Waals surface area contributed by atoms with E-state index in [2.05, 4.69) is 98.0 Å². The van der Waals surface area contributed by atoms with Gasteiger partial charge >= 0.3 is 0 Å². The number of benzene rings is 4. The molecule has 31 heavy (non-hydrogen) atoms. The number of nitrogens with one attached hydrogen (secondary N) is 1. The van der Waals surface area contributed by atoms with E-state index in [0.717, 1.165) is 22.7 Å². The van der Waals surface area contributed by atoms with Gasteiger partial charge in [0.2, 0.25) is 0 Å². The van der Waals surface area contributed by atoms with Gasteiger partial charge in [0.1, 0.15) is 5.75 Å². The molecule has 1 N–H and O–H groups in total. The molecule has 0 aromatic heterocycles. The Hall–Kier alpha value is -3.78. The molecule has 0 radical (unpaired) electrons. The van der Waals surface area contributed by atoms with Gasteiger partial charge in [-0.1, -0.05) is 60.7 Å². The molecule has 0 bridgehead atoms. The van der Waals surface area contributed by atoms with E-state index >= 15 is 0 Å². The van der Waals surface area contributed by atoms with Gasteiger partial charge in [-0.3, -0.25) is 0 Å². The molecule has 0 heterocycles. The Bertz CT molecular complexity index is 1170. The molecule has 0 atom stereocenters. The zero-order chi connectivity index (χ0) is 21.6. The minimum atomic E-state index is 0.853. The van der Waals surface area contributed by atoms with Crippen LogP contribution in [0.5, 0.6) is 5.75 Å². The largest absolute Gasteiger partial charge is 0.497 e. The summed E-state index contributed by atoms with van der Waals surface area (Å²) in [5, 5.41) is 3.44. The lowest BCUT2D eigenvalue weighted by Crippen LogP contribution is -1.92. The van der Waals surface area contributed by atoms with E-state index in [-0.39, 0.29) is 0 Å². The van der Waals surface area contributed by atoms with Crippen molar-refractivity contribution >= 4 is 23.0 Å². The van der Waals surface area contributed by atoms with E-state index in [9.17, 15) is 0 Å². The summed E-state index contributed by atoms with van der Waals surface area (Å²) in [5.74, 6) is 0.853. The summed E-state index contributed by atoms with van der Waals surface area (Å²) >= 11 is 0. The molecule has 4 rings (SSSR count). The SMILES string of the molecule is COc1ccc(Nc2ccc(/C=C(\c3ccccc3)c3ccc(C)c(C)c3)cc2)cc1. The van der Waals surface area contributed by atoms with Gasteiger partial charge in [0.15, 0.2) is 0 Å². The third-order valence-corrected chi connectivity index (χ3v) is 5.50. The summed E-state index contributed by atoms with van der Waals surface area (Å²) < 4.78 is 5.22. The Balaban J connectivity index is 1.63. The van der Waals surface area contributed by atoms with Crippen LogP contribution in [-0.2, 0) is 0 Å². The Labute approximate surface area is 184 Å². The average Bonchev–Trinajstić information content (AvgIpc) is 2.81.